The molecule has 0 aromatic carbocycles. The van der Waals surface area contributed by atoms with Crippen LogP contribution in [0, 0.1) is 0 Å². The zero-order valence-corrected chi connectivity index (χ0v) is 9.61. The minimum absolute atomic E-state index is 0.513. The van der Waals surface area contributed by atoms with E-state index in [1.807, 2.05) is 0 Å². The Morgan fingerprint density at radius 3 is 2.60 bits per heavy atom. The molecule has 1 N–H and O–H groups in total. The number of hydrogen-bond donors (Lipinski definition) is 1. The Morgan fingerprint density at radius 1 is 1.27 bits per heavy atom. The van der Waals surface area contributed by atoms with Crippen molar-refractivity contribution in [2.45, 2.75) is 18.4 Å². The largest absolute Gasteiger partial charge is 0.386 e. The molecule has 4 heteroatoms. The van der Waals surface area contributed by atoms with Gasteiger partial charge in [-0.3, -0.25) is 4.90 Å². The molecule has 2 rings (SSSR count). The van der Waals surface area contributed by atoms with E-state index >= 15 is 0 Å². The Balaban J connectivity index is 1.80. The molecule has 1 atom stereocenters. The molecule has 2 aliphatic heterocycles. The number of nitrogens with zero attached hydrogens (tertiary/aromatic N) is 2. The summed E-state index contributed by atoms with van der Waals surface area (Å²) in [5.41, 5.74) is -0.589. The first-order valence-corrected chi connectivity index (χ1v) is 5.89. The van der Waals surface area contributed by atoms with Crippen molar-refractivity contribution in [3.63, 3.8) is 0 Å². The molecule has 0 radical (unpaired) electrons. The lowest BCUT2D eigenvalue weighted by molar-refractivity contribution is -0.103. The molecule has 2 saturated heterocycles. The van der Waals surface area contributed by atoms with E-state index in [1.165, 1.54) is 0 Å². The molecule has 1 unspecified atom stereocenters. The predicted octanol–water partition coefficient (Wildman–Crippen LogP) is -0.225. The van der Waals surface area contributed by atoms with Crippen LogP contribution in [0.3, 0.4) is 0 Å². The van der Waals surface area contributed by atoms with E-state index in [0.29, 0.717) is 6.61 Å². The molecule has 0 aromatic heterocycles. The third-order valence-corrected chi connectivity index (χ3v) is 3.42. The summed E-state index contributed by atoms with van der Waals surface area (Å²) in [7, 11) is 2.15. The molecule has 2 heterocycles. The van der Waals surface area contributed by atoms with Crippen LogP contribution in [-0.2, 0) is 4.74 Å². The summed E-state index contributed by atoms with van der Waals surface area (Å²) in [5.74, 6) is 0. The second-order valence-electron chi connectivity index (χ2n) is 4.96. The van der Waals surface area contributed by atoms with E-state index in [1.54, 1.807) is 0 Å². The average Bonchev–Trinajstić information content (AvgIpc) is 2.22. The van der Waals surface area contributed by atoms with Gasteiger partial charge in [0.15, 0.2) is 0 Å². The first kappa shape index (κ1) is 11.3. The van der Waals surface area contributed by atoms with Gasteiger partial charge in [0, 0.05) is 39.3 Å². The van der Waals surface area contributed by atoms with Crippen molar-refractivity contribution in [1.82, 2.24) is 9.80 Å². The van der Waals surface area contributed by atoms with Gasteiger partial charge in [-0.1, -0.05) is 0 Å². The third-order valence-electron chi connectivity index (χ3n) is 3.42. The molecule has 0 spiro atoms. The van der Waals surface area contributed by atoms with E-state index in [2.05, 4.69) is 16.8 Å². The lowest BCUT2D eigenvalue weighted by Crippen LogP contribution is -2.53. The minimum atomic E-state index is -0.589. The number of hydrogen-bond acceptors (Lipinski definition) is 4. The van der Waals surface area contributed by atoms with Crippen LogP contribution in [0.2, 0.25) is 0 Å². The standard InChI is InChI=1S/C11H22N2O2/c1-12-4-6-13(7-5-12)9-11(14)3-2-8-15-10-11/h14H,2-10H2,1H3. The Labute approximate surface area is 91.8 Å². The molecule has 0 bridgehead atoms. The first-order valence-electron chi connectivity index (χ1n) is 5.89. The van der Waals surface area contributed by atoms with Gasteiger partial charge in [0.2, 0.25) is 0 Å². The van der Waals surface area contributed by atoms with Gasteiger partial charge in [-0.05, 0) is 19.9 Å². The quantitative estimate of drug-likeness (QED) is 0.689. The first-order chi connectivity index (χ1) is 7.18. The van der Waals surface area contributed by atoms with Crippen LogP contribution >= 0.6 is 0 Å². The summed E-state index contributed by atoms with van der Waals surface area (Å²) < 4.78 is 5.36. The Hall–Kier alpha value is -0.160. The number of aliphatic hydroxyl groups is 1. The fourth-order valence-corrected chi connectivity index (χ4v) is 2.38. The second-order valence-corrected chi connectivity index (χ2v) is 4.96. The highest BCUT2D eigenvalue weighted by Gasteiger charge is 2.32. The van der Waals surface area contributed by atoms with Gasteiger partial charge >= 0.3 is 0 Å². The zero-order valence-electron chi connectivity index (χ0n) is 9.61. The van der Waals surface area contributed by atoms with Crippen LogP contribution in [0.15, 0.2) is 0 Å². The minimum Gasteiger partial charge on any atom is -0.386 e. The Morgan fingerprint density at radius 2 is 2.00 bits per heavy atom. The SMILES string of the molecule is CN1CCN(CC2(O)CCCOC2)CC1. The fourth-order valence-electron chi connectivity index (χ4n) is 2.38. The highest BCUT2D eigenvalue weighted by atomic mass is 16.5. The lowest BCUT2D eigenvalue weighted by atomic mass is 9.96. The number of ether oxygens (including phenoxy) is 1. The normalized spacial score (nSPS) is 35.6. The van der Waals surface area contributed by atoms with E-state index < -0.39 is 5.60 Å². The van der Waals surface area contributed by atoms with Crippen LogP contribution in [0.1, 0.15) is 12.8 Å². The molecule has 4 nitrogen and oxygen atoms in total. The van der Waals surface area contributed by atoms with Gasteiger partial charge in [0.25, 0.3) is 0 Å². The maximum Gasteiger partial charge on any atom is 0.101 e. The molecule has 0 saturated carbocycles. The van der Waals surface area contributed by atoms with E-state index in [-0.39, 0.29) is 0 Å². The van der Waals surface area contributed by atoms with Crippen molar-refractivity contribution in [1.29, 1.82) is 0 Å². The molecule has 2 fully saturated rings. The maximum absolute atomic E-state index is 10.3. The molecule has 0 aliphatic carbocycles. The highest BCUT2D eigenvalue weighted by Crippen LogP contribution is 2.20. The Kier molecular flexibility index (Phi) is 3.61. The summed E-state index contributed by atoms with van der Waals surface area (Å²) >= 11 is 0. The third kappa shape index (κ3) is 3.14. The van der Waals surface area contributed by atoms with Crippen molar-refractivity contribution in [3.8, 4) is 0 Å². The van der Waals surface area contributed by atoms with Crippen LogP contribution in [-0.4, -0.2) is 73.5 Å². The summed E-state index contributed by atoms with van der Waals surface area (Å²) in [5, 5.41) is 10.3. The van der Waals surface area contributed by atoms with Gasteiger partial charge in [0.05, 0.1) is 6.61 Å². The Bertz CT molecular complexity index is 197. The number of rotatable bonds is 2. The molecule has 0 amide bonds. The summed E-state index contributed by atoms with van der Waals surface area (Å²) in [4.78, 5) is 4.69. The van der Waals surface area contributed by atoms with E-state index in [0.717, 1.165) is 52.2 Å². The van der Waals surface area contributed by atoms with Crippen molar-refractivity contribution < 1.29 is 9.84 Å². The molecule has 15 heavy (non-hydrogen) atoms. The average molecular weight is 214 g/mol. The molecule has 0 aromatic rings. The smallest absolute Gasteiger partial charge is 0.101 e. The van der Waals surface area contributed by atoms with Crippen LogP contribution < -0.4 is 0 Å². The maximum atomic E-state index is 10.3. The highest BCUT2D eigenvalue weighted by molar-refractivity contribution is 4.86. The van der Waals surface area contributed by atoms with Gasteiger partial charge in [-0.15, -0.1) is 0 Å². The summed E-state index contributed by atoms with van der Waals surface area (Å²) in [6, 6.07) is 0. The van der Waals surface area contributed by atoms with Gasteiger partial charge < -0.3 is 14.7 Å². The molecular weight excluding hydrogens is 192 g/mol. The molecule has 88 valence electrons. The van der Waals surface area contributed by atoms with E-state index in [9.17, 15) is 5.11 Å². The summed E-state index contributed by atoms with van der Waals surface area (Å²) in [6.45, 7) is 6.46. The number of β-amino-alcohol motifs (C(OH)–C–C–N with tert-alkyl or cyclic N) is 1. The number of piperazine rings is 1. The predicted molar refractivity (Wildman–Crippen MR) is 58.9 cm³/mol. The second kappa shape index (κ2) is 4.78. The van der Waals surface area contributed by atoms with Crippen molar-refractivity contribution >= 4 is 0 Å². The fraction of sp³-hybridized carbons (Fsp3) is 1.00. The van der Waals surface area contributed by atoms with Crippen molar-refractivity contribution in [2.24, 2.45) is 0 Å². The van der Waals surface area contributed by atoms with E-state index in [4.69, 9.17) is 4.74 Å². The topological polar surface area (TPSA) is 35.9 Å². The molecule has 2 aliphatic rings. The van der Waals surface area contributed by atoms with Gasteiger partial charge in [0.1, 0.15) is 5.60 Å². The van der Waals surface area contributed by atoms with Crippen molar-refractivity contribution in [2.75, 3.05) is 53.0 Å². The van der Waals surface area contributed by atoms with Crippen LogP contribution in [0.4, 0.5) is 0 Å². The van der Waals surface area contributed by atoms with Gasteiger partial charge in [-0.25, -0.2) is 0 Å². The molecular formula is C11H22N2O2. The zero-order chi connectivity index (χ0) is 10.7. The number of likely N-dealkylation sites (N-methyl/N-ethyl adjacent to an activating group) is 1. The van der Waals surface area contributed by atoms with Gasteiger partial charge in [-0.2, -0.15) is 0 Å². The lowest BCUT2D eigenvalue weighted by Gasteiger charge is -2.39. The monoisotopic (exact) mass is 214 g/mol. The van der Waals surface area contributed by atoms with Crippen molar-refractivity contribution in [3.05, 3.63) is 0 Å². The summed E-state index contributed by atoms with van der Waals surface area (Å²) in [6.07, 6.45) is 1.88. The van der Waals surface area contributed by atoms with Crippen LogP contribution in [0.25, 0.3) is 0 Å². The van der Waals surface area contributed by atoms with Crippen LogP contribution in [0.5, 0.6) is 0 Å².